The lowest BCUT2D eigenvalue weighted by molar-refractivity contribution is -0.00885. The van der Waals surface area contributed by atoms with Crippen molar-refractivity contribution in [3.05, 3.63) is 40.4 Å². The van der Waals surface area contributed by atoms with Crippen molar-refractivity contribution in [3.63, 3.8) is 0 Å². The third-order valence-electron chi connectivity index (χ3n) is 3.80. The molecule has 0 unspecified atom stereocenters. The maximum atomic E-state index is 5.88. The molecule has 1 fully saturated rings. The molecule has 106 valence electrons. The van der Waals surface area contributed by atoms with E-state index in [4.69, 9.17) is 16.3 Å². The fourth-order valence-electron chi connectivity index (χ4n) is 2.24. The van der Waals surface area contributed by atoms with Crippen molar-refractivity contribution < 1.29 is 4.74 Å². The topological polar surface area (TPSA) is 22.1 Å². The zero-order chi connectivity index (χ0) is 13.9. The second-order valence-corrected chi connectivity index (χ2v) is 6.41. The van der Waals surface area contributed by atoms with Gasteiger partial charge in [-0.3, -0.25) is 0 Å². The maximum absolute atomic E-state index is 5.88. The van der Waals surface area contributed by atoms with Crippen molar-refractivity contribution in [1.29, 1.82) is 0 Å². The van der Waals surface area contributed by atoms with E-state index < -0.39 is 0 Å². The van der Waals surface area contributed by atoms with Crippen LogP contribution in [0.3, 0.4) is 0 Å². The van der Waals surface area contributed by atoms with Crippen molar-refractivity contribution in [2.75, 3.05) is 0 Å². The predicted molar refractivity (Wildman–Crippen MR) is 84.3 cm³/mol. The number of rotatable bonds is 5. The van der Waals surface area contributed by atoms with Crippen LogP contribution in [0.25, 0.3) is 10.6 Å². The summed E-state index contributed by atoms with van der Waals surface area (Å²) in [6, 6.07) is 6.48. The molecule has 1 aromatic carbocycles. The van der Waals surface area contributed by atoms with E-state index >= 15 is 0 Å². The quantitative estimate of drug-likeness (QED) is 0.731. The molecule has 0 atom stereocenters. The molecule has 0 aliphatic heterocycles. The lowest BCUT2D eigenvalue weighted by Gasteiger charge is -2.25. The van der Waals surface area contributed by atoms with Crippen LogP contribution in [-0.2, 0) is 17.2 Å². The molecule has 0 spiro atoms. The standard InChI is InChI=1S/C16H18ClNOS/c1-11-7-12(16-18-14(8-17)10-20-16)5-6-13(11)9-19-15-3-2-4-15/h5-7,10,15H,2-4,8-9H2,1H3. The predicted octanol–water partition coefficient (Wildman–Crippen LogP) is 4.93. The molecule has 1 aliphatic rings. The van der Waals surface area contributed by atoms with Crippen LogP contribution in [0.2, 0.25) is 0 Å². The maximum Gasteiger partial charge on any atom is 0.123 e. The molecular weight excluding hydrogens is 290 g/mol. The van der Waals surface area contributed by atoms with Gasteiger partial charge in [0.2, 0.25) is 0 Å². The molecule has 3 rings (SSSR count). The van der Waals surface area contributed by atoms with Crippen LogP contribution in [0, 0.1) is 6.92 Å². The van der Waals surface area contributed by atoms with Crippen molar-refractivity contribution in [2.24, 2.45) is 0 Å². The molecule has 0 bridgehead atoms. The third kappa shape index (κ3) is 3.05. The van der Waals surface area contributed by atoms with Crippen LogP contribution < -0.4 is 0 Å². The number of aromatic nitrogens is 1. The summed E-state index contributed by atoms with van der Waals surface area (Å²) in [7, 11) is 0. The van der Waals surface area contributed by atoms with Crippen molar-refractivity contribution in [1.82, 2.24) is 4.98 Å². The van der Waals surface area contributed by atoms with Crippen LogP contribution in [0.15, 0.2) is 23.6 Å². The SMILES string of the molecule is Cc1cc(-c2nc(CCl)cs2)ccc1COC1CCC1. The zero-order valence-electron chi connectivity index (χ0n) is 11.6. The summed E-state index contributed by atoms with van der Waals surface area (Å²) in [6.45, 7) is 2.86. The fraction of sp³-hybridized carbons (Fsp3) is 0.438. The number of aryl methyl sites for hydroxylation is 1. The Kier molecular flexibility index (Phi) is 4.39. The Labute approximate surface area is 128 Å². The molecule has 0 saturated heterocycles. The number of hydrogen-bond acceptors (Lipinski definition) is 3. The molecule has 1 heterocycles. The summed E-state index contributed by atoms with van der Waals surface area (Å²) in [6.07, 6.45) is 4.24. The summed E-state index contributed by atoms with van der Waals surface area (Å²) in [5.74, 6) is 0.475. The minimum absolute atomic E-state index is 0.475. The number of thiazole rings is 1. The Bertz CT molecular complexity index is 592. The van der Waals surface area contributed by atoms with Crippen LogP contribution >= 0.6 is 22.9 Å². The highest BCUT2D eigenvalue weighted by Crippen LogP contribution is 2.28. The highest BCUT2D eigenvalue weighted by atomic mass is 35.5. The molecule has 0 N–H and O–H groups in total. The average molecular weight is 308 g/mol. The monoisotopic (exact) mass is 307 g/mol. The lowest BCUT2D eigenvalue weighted by atomic mass is 9.96. The van der Waals surface area contributed by atoms with E-state index in [0.29, 0.717) is 12.0 Å². The first-order chi connectivity index (χ1) is 9.76. The summed E-state index contributed by atoms with van der Waals surface area (Å²) in [5, 5.41) is 3.06. The molecule has 1 aromatic heterocycles. The van der Waals surface area contributed by atoms with Gasteiger partial charge in [-0.05, 0) is 43.4 Å². The summed E-state index contributed by atoms with van der Waals surface area (Å²) >= 11 is 7.45. The Morgan fingerprint density at radius 2 is 2.25 bits per heavy atom. The Morgan fingerprint density at radius 1 is 1.40 bits per heavy atom. The minimum Gasteiger partial charge on any atom is -0.374 e. The number of ether oxygens (including phenoxy) is 1. The molecule has 20 heavy (non-hydrogen) atoms. The number of benzene rings is 1. The molecule has 1 saturated carbocycles. The largest absolute Gasteiger partial charge is 0.374 e. The van der Waals surface area contributed by atoms with E-state index in [1.165, 1.54) is 30.4 Å². The van der Waals surface area contributed by atoms with Crippen LogP contribution in [-0.4, -0.2) is 11.1 Å². The second kappa shape index (κ2) is 6.25. The zero-order valence-corrected chi connectivity index (χ0v) is 13.1. The number of nitrogens with zero attached hydrogens (tertiary/aromatic N) is 1. The van der Waals surface area contributed by atoms with Gasteiger partial charge in [-0.25, -0.2) is 4.98 Å². The Hall–Kier alpha value is -0.900. The van der Waals surface area contributed by atoms with E-state index in [9.17, 15) is 0 Å². The summed E-state index contributed by atoms with van der Waals surface area (Å²) in [4.78, 5) is 4.52. The van der Waals surface area contributed by atoms with Crippen LogP contribution in [0.1, 0.15) is 36.1 Å². The van der Waals surface area contributed by atoms with Gasteiger partial charge >= 0.3 is 0 Å². The smallest absolute Gasteiger partial charge is 0.123 e. The van der Waals surface area contributed by atoms with Crippen molar-refractivity contribution >= 4 is 22.9 Å². The van der Waals surface area contributed by atoms with Crippen molar-refractivity contribution in [2.45, 2.75) is 44.8 Å². The van der Waals surface area contributed by atoms with E-state index in [1.807, 2.05) is 5.38 Å². The van der Waals surface area contributed by atoms with E-state index in [1.54, 1.807) is 11.3 Å². The van der Waals surface area contributed by atoms with Gasteiger partial charge in [0.05, 0.1) is 24.3 Å². The van der Waals surface area contributed by atoms with E-state index in [2.05, 4.69) is 30.1 Å². The molecule has 0 radical (unpaired) electrons. The molecule has 2 aromatic rings. The molecule has 2 nitrogen and oxygen atoms in total. The number of alkyl halides is 1. The number of hydrogen-bond donors (Lipinski definition) is 0. The fourth-order valence-corrected chi connectivity index (χ4v) is 3.28. The summed E-state index contributed by atoms with van der Waals surface area (Å²) < 4.78 is 5.88. The van der Waals surface area contributed by atoms with Crippen LogP contribution in [0.5, 0.6) is 0 Å². The van der Waals surface area contributed by atoms with Gasteiger partial charge in [0, 0.05) is 10.9 Å². The first-order valence-corrected chi connectivity index (χ1v) is 8.39. The Balaban J connectivity index is 1.72. The van der Waals surface area contributed by atoms with Crippen molar-refractivity contribution in [3.8, 4) is 10.6 Å². The highest BCUT2D eigenvalue weighted by Gasteiger charge is 2.18. The van der Waals surface area contributed by atoms with Crippen LogP contribution in [0.4, 0.5) is 0 Å². The number of halogens is 1. The molecule has 0 amide bonds. The molecule has 4 heteroatoms. The van der Waals surface area contributed by atoms with E-state index in [-0.39, 0.29) is 0 Å². The van der Waals surface area contributed by atoms with Gasteiger partial charge < -0.3 is 4.74 Å². The van der Waals surface area contributed by atoms with Gasteiger partial charge in [0.1, 0.15) is 5.01 Å². The third-order valence-corrected chi connectivity index (χ3v) is 5.02. The molecule has 1 aliphatic carbocycles. The summed E-state index contributed by atoms with van der Waals surface area (Å²) in [5.41, 5.74) is 4.65. The van der Waals surface area contributed by atoms with Gasteiger partial charge in [-0.1, -0.05) is 12.1 Å². The first kappa shape index (κ1) is 14.1. The minimum atomic E-state index is 0.475. The normalized spacial score (nSPS) is 15.3. The van der Waals surface area contributed by atoms with Gasteiger partial charge in [-0.2, -0.15) is 0 Å². The average Bonchev–Trinajstić information content (AvgIpc) is 2.87. The van der Waals surface area contributed by atoms with Gasteiger partial charge in [0.25, 0.3) is 0 Å². The van der Waals surface area contributed by atoms with E-state index in [0.717, 1.165) is 22.9 Å². The first-order valence-electron chi connectivity index (χ1n) is 6.98. The Morgan fingerprint density at radius 3 is 2.85 bits per heavy atom. The second-order valence-electron chi connectivity index (χ2n) is 5.28. The van der Waals surface area contributed by atoms with Gasteiger partial charge in [0.15, 0.2) is 0 Å². The molecular formula is C16H18ClNOS. The lowest BCUT2D eigenvalue weighted by Crippen LogP contribution is -2.21. The highest BCUT2D eigenvalue weighted by molar-refractivity contribution is 7.13. The van der Waals surface area contributed by atoms with Gasteiger partial charge in [-0.15, -0.1) is 22.9 Å².